The first-order chi connectivity index (χ1) is 14.5. The number of benzene rings is 1. The van der Waals surface area contributed by atoms with E-state index < -0.39 is 6.04 Å². The maximum absolute atomic E-state index is 13.5. The van der Waals surface area contributed by atoms with Gasteiger partial charge in [0.2, 0.25) is 11.9 Å². The van der Waals surface area contributed by atoms with Crippen LogP contribution in [0.3, 0.4) is 0 Å². The van der Waals surface area contributed by atoms with Crippen LogP contribution in [0.25, 0.3) is 0 Å². The van der Waals surface area contributed by atoms with Crippen LogP contribution in [0.2, 0.25) is 0 Å². The summed E-state index contributed by atoms with van der Waals surface area (Å²) in [5.74, 6) is 1.33. The molecular weight excluding hydrogens is 378 g/mol. The zero-order chi connectivity index (χ0) is 20.8. The summed E-state index contributed by atoms with van der Waals surface area (Å²) >= 11 is 0. The van der Waals surface area contributed by atoms with Crippen LogP contribution >= 0.6 is 0 Å². The van der Waals surface area contributed by atoms with E-state index in [9.17, 15) is 9.59 Å². The molecule has 0 N–H and O–H groups in total. The number of carbonyl (C=O) groups excluding carboxylic acids is 2. The SMILES string of the molecule is Cc1ccc(CN2C(=O)C3C(=NC4=[N+]3CCCN4C3CCCCC3)N(C)C2=O)cc1. The number of imide groups is 1. The van der Waals surface area contributed by atoms with Gasteiger partial charge < -0.3 is 0 Å². The minimum absolute atomic E-state index is 0.155. The second kappa shape index (κ2) is 7.52. The maximum atomic E-state index is 13.5. The van der Waals surface area contributed by atoms with E-state index in [0.29, 0.717) is 18.4 Å². The smallest absolute Gasteiger partial charge is 0.270 e. The van der Waals surface area contributed by atoms with Crippen LogP contribution in [0.1, 0.15) is 49.7 Å². The standard InChI is InChI=1S/C23H30N5O2/c1-16-9-11-17(12-10-16)15-28-21(29)19-20(25(2)23(28)30)24-22-26(13-6-14-27(19)22)18-7-4-3-5-8-18/h9-12,18-19H,3-8,13-15H2,1-2H3/q+1. The highest BCUT2D eigenvalue weighted by atomic mass is 16.2. The van der Waals surface area contributed by atoms with Gasteiger partial charge in [-0.2, -0.15) is 0 Å². The lowest BCUT2D eigenvalue weighted by molar-refractivity contribution is -0.546. The molecule has 3 aliphatic heterocycles. The van der Waals surface area contributed by atoms with Gasteiger partial charge in [0.05, 0.1) is 25.7 Å². The van der Waals surface area contributed by atoms with Crippen molar-refractivity contribution in [2.24, 2.45) is 4.99 Å². The molecule has 3 amide bonds. The van der Waals surface area contributed by atoms with Crippen molar-refractivity contribution in [3.05, 3.63) is 35.4 Å². The highest BCUT2D eigenvalue weighted by Crippen LogP contribution is 2.29. The third-order valence-electron chi connectivity index (χ3n) is 6.92. The van der Waals surface area contributed by atoms with Gasteiger partial charge in [0.1, 0.15) is 0 Å². The van der Waals surface area contributed by atoms with E-state index >= 15 is 0 Å². The minimum atomic E-state index is -0.487. The molecular formula is C23H30N5O2+. The summed E-state index contributed by atoms with van der Waals surface area (Å²) in [4.78, 5) is 36.8. The zero-order valence-electron chi connectivity index (χ0n) is 17.9. The van der Waals surface area contributed by atoms with Crippen LogP contribution in [0.4, 0.5) is 4.79 Å². The molecule has 1 saturated heterocycles. The highest BCUT2D eigenvalue weighted by Gasteiger charge is 2.54. The van der Waals surface area contributed by atoms with Crippen molar-refractivity contribution in [3.63, 3.8) is 0 Å². The monoisotopic (exact) mass is 408 g/mol. The molecule has 0 bridgehead atoms. The molecule has 158 valence electrons. The van der Waals surface area contributed by atoms with Crippen LogP contribution in [0.5, 0.6) is 0 Å². The second-order valence-electron chi connectivity index (χ2n) is 8.96. The highest BCUT2D eigenvalue weighted by molar-refractivity contribution is 6.22. The first kappa shape index (κ1) is 19.3. The molecule has 7 heteroatoms. The Morgan fingerprint density at radius 2 is 1.80 bits per heavy atom. The van der Waals surface area contributed by atoms with Gasteiger partial charge in [-0.25, -0.2) is 9.37 Å². The van der Waals surface area contributed by atoms with Crippen LogP contribution < -0.4 is 0 Å². The molecule has 3 heterocycles. The van der Waals surface area contributed by atoms with E-state index in [1.165, 1.54) is 37.0 Å². The number of hydrogen-bond donors (Lipinski definition) is 0. The second-order valence-corrected chi connectivity index (χ2v) is 8.96. The zero-order valence-corrected chi connectivity index (χ0v) is 17.9. The van der Waals surface area contributed by atoms with Gasteiger partial charge in [-0.15, -0.1) is 0 Å². The van der Waals surface area contributed by atoms with E-state index in [1.54, 1.807) is 11.9 Å². The number of urea groups is 1. The molecule has 2 fully saturated rings. The van der Waals surface area contributed by atoms with E-state index in [1.807, 2.05) is 31.2 Å². The van der Waals surface area contributed by atoms with Crippen molar-refractivity contribution in [1.29, 1.82) is 0 Å². The number of aliphatic imine (C=N–C) groups is 1. The van der Waals surface area contributed by atoms with Crippen molar-refractivity contribution in [2.45, 2.75) is 64.1 Å². The Morgan fingerprint density at radius 1 is 1.07 bits per heavy atom. The summed E-state index contributed by atoms with van der Waals surface area (Å²) in [5.41, 5.74) is 2.12. The number of guanidine groups is 1. The van der Waals surface area contributed by atoms with Gasteiger partial charge >= 0.3 is 12.0 Å². The van der Waals surface area contributed by atoms with Gasteiger partial charge in [0, 0.05) is 13.5 Å². The van der Waals surface area contributed by atoms with E-state index in [2.05, 4.69) is 9.48 Å². The molecule has 0 radical (unpaired) electrons. The molecule has 1 unspecified atom stereocenters. The van der Waals surface area contributed by atoms with Crippen LogP contribution in [-0.4, -0.2) is 75.2 Å². The van der Waals surface area contributed by atoms with E-state index in [0.717, 1.165) is 36.6 Å². The number of likely N-dealkylation sites (N-methyl/N-ethyl adjacent to an activating group) is 1. The third-order valence-corrected chi connectivity index (χ3v) is 6.92. The van der Waals surface area contributed by atoms with Crippen molar-refractivity contribution in [1.82, 2.24) is 14.7 Å². The molecule has 1 aliphatic carbocycles. The van der Waals surface area contributed by atoms with Gasteiger partial charge in [0.25, 0.3) is 5.91 Å². The number of hydrogen-bond acceptors (Lipinski definition) is 4. The topological polar surface area (TPSA) is 59.2 Å². The van der Waals surface area contributed by atoms with E-state index in [4.69, 9.17) is 4.99 Å². The summed E-state index contributed by atoms with van der Waals surface area (Å²) in [6.07, 6.45) is 7.23. The fraction of sp³-hybridized carbons (Fsp3) is 0.565. The Balaban J connectivity index is 1.45. The molecule has 1 aromatic carbocycles. The van der Waals surface area contributed by atoms with Gasteiger partial charge in [-0.05, 0) is 25.3 Å². The molecule has 1 atom stereocenters. The number of amidine groups is 1. The number of amides is 3. The average molecular weight is 409 g/mol. The molecule has 5 rings (SSSR count). The van der Waals surface area contributed by atoms with Crippen LogP contribution in [0, 0.1) is 6.92 Å². The van der Waals surface area contributed by atoms with Crippen molar-refractivity contribution in [3.8, 4) is 0 Å². The van der Waals surface area contributed by atoms with Crippen molar-refractivity contribution in [2.75, 3.05) is 20.1 Å². The number of fused-ring (bicyclic) bond motifs is 2. The predicted molar refractivity (Wildman–Crippen MR) is 114 cm³/mol. The Hall–Kier alpha value is -2.70. The first-order valence-corrected chi connectivity index (χ1v) is 11.2. The third kappa shape index (κ3) is 3.11. The summed E-state index contributed by atoms with van der Waals surface area (Å²) in [6.45, 7) is 4.12. The quantitative estimate of drug-likeness (QED) is 0.723. The van der Waals surface area contributed by atoms with E-state index in [-0.39, 0.29) is 11.9 Å². The largest absolute Gasteiger partial charge is 0.392 e. The van der Waals surface area contributed by atoms with Crippen molar-refractivity contribution >= 4 is 23.7 Å². The Morgan fingerprint density at radius 3 is 2.53 bits per heavy atom. The predicted octanol–water partition coefficient (Wildman–Crippen LogP) is 2.58. The Kier molecular flexibility index (Phi) is 4.83. The summed E-state index contributed by atoms with van der Waals surface area (Å²) in [5, 5.41) is 0. The summed E-state index contributed by atoms with van der Waals surface area (Å²) < 4.78 is 2.14. The Bertz CT molecular complexity index is 929. The number of carbonyl (C=O) groups is 2. The Labute approximate surface area is 177 Å². The molecule has 4 aliphatic rings. The number of rotatable bonds is 3. The lowest BCUT2D eigenvalue weighted by atomic mass is 9.94. The number of aryl methyl sites for hydroxylation is 1. The average Bonchev–Trinajstić information content (AvgIpc) is 3.17. The first-order valence-electron chi connectivity index (χ1n) is 11.2. The molecule has 1 aromatic rings. The lowest BCUT2D eigenvalue weighted by Gasteiger charge is -2.36. The molecule has 0 spiro atoms. The molecule has 1 saturated carbocycles. The molecule has 7 nitrogen and oxygen atoms in total. The summed E-state index contributed by atoms with van der Waals surface area (Å²) in [6, 6.07) is 7.72. The fourth-order valence-corrected chi connectivity index (χ4v) is 5.24. The minimum Gasteiger partial charge on any atom is -0.270 e. The van der Waals surface area contributed by atoms with Gasteiger partial charge in [-0.3, -0.25) is 19.5 Å². The fourth-order valence-electron chi connectivity index (χ4n) is 5.24. The molecule has 30 heavy (non-hydrogen) atoms. The van der Waals surface area contributed by atoms with Gasteiger partial charge in [-0.1, -0.05) is 54.1 Å². The molecule has 0 aromatic heterocycles. The maximum Gasteiger partial charge on any atom is 0.392 e. The van der Waals surface area contributed by atoms with Crippen molar-refractivity contribution < 1.29 is 14.2 Å². The van der Waals surface area contributed by atoms with Crippen LogP contribution in [-0.2, 0) is 11.3 Å². The number of nitrogens with zero attached hydrogens (tertiary/aromatic N) is 5. The lowest BCUT2D eigenvalue weighted by Crippen LogP contribution is -2.63. The normalized spacial score (nSPS) is 24.9. The van der Waals surface area contributed by atoms with Crippen LogP contribution in [0.15, 0.2) is 29.3 Å². The van der Waals surface area contributed by atoms with Gasteiger partial charge in [0.15, 0.2) is 0 Å². The summed E-state index contributed by atoms with van der Waals surface area (Å²) in [7, 11) is 1.74.